The van der Waals surface area contributed by atoms with Crippen LogP contribution in [0.1, 0.15) is 0 Å². The van der Waals surface area contributed by atoms with Crippen molar-refractivity contribution in [1.82, 2.24) is 9.97 Å². The largest absolute Gasteiger partial charge is 0.359 e. The monoisotopic (exact) mass is 230 g/mol. The summed E-state index contributed by atoms with van der Waals surface area (Å²) in [6.07, 6.45) is 4.60. The van der Waals surface area contributed by atoms with Gasteiger partial charge in [-0.25, -0.2) is 8.78 Å². The zero-order valence-electron chi connectivity index (χ0n) is 8.74. The molecular weight excluding hydrogens is 222 g/mol. The summed E-state index contributed by atoms with van der Waals surface area (Å²) in [4.78, 5) is 6.60. The third kappa shape index (κ3) is 1.49. The molecule has 0 fully saturated rings. The molecule has 2 aromatic heterocycles. The fraction of sp³-hybridized carbons (Fsp3) is 0. The van der Waals surface area contributed by atoms with Gasteiger partial charge in [-0.1, -0.05) is 0 Å². The van der Waals surface area contributed by atoms with Crippen LogP contribution in [0.2, 0.25) is 0 Å². The molecule has 0 bridgehead atoms. The van der Waals surface area contributed by atoms with E-state index >= 15 is 0 Å². The van der Waals surface area contributed by atoms with Gasteiger partial charge >= 0.3 is 0 Å². The first-order valence-corrected chi connectivity index (χ1v) is 5.13. The molecule has 0 atom stereocenters. The van der Waals surface area contributed by atoms with E-state index in [0.717, 1.165) is 0 Å². The SMILES string of the molecule is Fc1cc2cc[nH]c2c(F)c1-c1ccncc1. The van der Waals surface area contributed by atoms with Gasteiger partial charge in [-0.05, 0) is 29.8 Å². The molecule has 17 heavy (non-hydrogen) atoms. The zero-order chi connectivity index (χ0) is 11.8. The van der Waals surface area contributed by atoms with E-state index in [4.69, 9.17) is 0 Å². The molecule has 1 aromatic carbocycles. The summed E-state index contributed by atoms with van der Waals surface area (Å²) >= 11 is 0. The number of hydrogen-bond acceptors (Lipinski definition) is 1. The summed E-state index contributed by atoms with van der Waals surface area (Å²) in [5.41, 5.74) is 0.770. The lowest BCUT2D eigenvalue weighted by Crippen LogP contribution is -1.91. The average Bonchev–Trinajstić information content (AvgIpc) is 2.78. The van der Waals surface area contributed by atoms with Gasteiger partial charge in [0.2, 0.25) is 0 Å². The number of pyridine rings is 1. The van der Waals surface area contributed by atoms with Gasteiger partial charge in [-0.3, -0.25) is 4.98 Å². The predicted molar refractivity (Wildman–Crippen MR) is 61.4 cm³/mol. The highest BCUT2D eigenvalue weighted by molar-refractivity contribution is 5.86. The maximum Gasteiger partial charge on any atom is 0.157 e. The summed E-state index contributed by atoms with van der Waals surface area (Å²) in [5.74, 6) is -1.14. The summed E-state index contributed by atoms with van der Waals surface area (Å²) in [6, 6.07) is 6.12. The maximum absolute atomic E-state index is 14.2. The van der Waals surface area contributed by atoms with Crippen molar-refractivity contribution in [2.75, 3.05) is 0 Å². The van der Waals surface area contributed by atoms with E-state index in [1.54, 1.807) is 24.4 Å². The number of nitrogens with one attached hydrogen (secondary N) is 1. The number of nitrogens with zero attached hydrogens (tertiary/aromatic N) is 1. The number of halogens is 2. The Morgan fingerprint density at radius 2 is 1.82 bits per heavy atom. The van der Waals surface area contributed by atoms with E-state index in [0.29, 0.717) is 16.5 Å². The van der Waals surface area contributed by atoms with Crippen molar-refractivity contribution in [1.29, 1.82) is 0 Å². The highest BCUT2D eigenvalue weighted by Crippen LogP contribution is 2.30. The lowest BCUT2D eigenvalue weighted by atomic mass is 10.0. The second kappa shape index (κ2) is 3.66. The fourth-order valence-electron chi connectivity index (χ4n) is 1.91. The van der Waals surface area contributed by atoms with Crippen molar-refractivity contribution < 1.29 is 8.78 Å². The number of aromatic nitrogens is 2. The lowest BCUT2D eigenvalue weighted by molar-refractivity contribution is 0.597. The number of hydrogen-bond donors (Lipinski definition) is 1. The minimum absolute atomic E-state index is 0.0256. The molecule has 4 heteroatoms. The van der Waals surface area contributed by atoms with Gasteiger partial charge in [-0.15, -0.1) is 0 Å². The topological polar surface area (TPSA) is 28.7 Å². The minimum Gasteiger partial charge on any atom is -0.359 e. The Kier molecular flexibility index (Phi) is 2.14. The Bertz CT molecular complexity index is 674. The Morgan fingerprint density at radius 3 is 2.59 bits per heavy atom. The number of H-pyrrole nitrogens is 1. The minimum atomic E-state index is -0.573. The van der Waals surface area contributed by atoms with Crippen LogP contribution in [0.4, 0.5) is 8.78 Å². The van der Waals surface area contributed by atoms with E-state index < -0.39 is 11.6 Å². The molecule has 3 aromatic rings. The van der Waals surface area contributed by atoms with Gasteiger partial charge in [-0.2, -0.15) is 0 Å². The van der Waals surface area contributed by atoms with E-state index in [-0.39, 0.29) is 5.56 Å². The number of aromatic amines is 1. The Hall–Kier alpha value is -2.23. The highest BCUT2D eigenvalue weighted by atomic mass is 19.1. The molecule has 0 radical (unpaired) electrons. The Balaban J connectivity index is 2.36. The molecule has 3 rings (SSSR count). The maximum atomic E-state index is 14.2. The van der Waals surface area contributed by atoms with Crippen LogP contribution in [0.5, 0.6) is 0 Å². The average molecular weight is 230 g/mol. The van der Waals surface area contributed by atoms with Crippen LogP contribution in [-0.2, 0) is 0 Å². The molecule has 0 saturated heterocycles. The van der Waals surface area contributed by atoms with Crippen LogP contribution in [0.25, 0.3) is 22.0 Å². The zero-order valence-corrected chi connectivity index (χ0v) is 8.74. The number of benzene rings is 1. The predicted octanol–water partition coefficient (Wildman–Crippen LogP) is 3.51. The summed E-state index contributed by atoms with van der Waals surface area (Å²) in [7, 11) is 0. The van der Waals surface area contributed by atoms with Crippen LogP contribution in [0.15, 0.2) is 42.9 Å². The van der Waals surface area contributed by atoms with Crippen molar-refractivity contribution >= 4 is 10.9 Å². The first-order valence-electron chi connectivity index (χ1n) is 5.13. The third-order valence-electron chi connectivity index (χ3n) is 2.71. The smallest absolute Gasteiger partial charge is 0.157 e. The quantitative estimate of drug-likeness (QED) is 0.680. The van der Waals surface area contributed by atoms with Crippen molar-refractivity contribution in [3.05, 3.63) is 54.5 Å². The van der Waals surface area contributed by atoms with E-state index in [1.807, 2.05) is 0 Å². The fourth-order valence-corrected chi connectivity index (χ4v) is 1.91. The van der Waals surface area contributed by atoms with Crippen molar-refractivity contribution in [2.45, 2.75) is 0 Å². The summed E-state index contributed by atoms with van der Waals surface area (Å²) < 4.78 is 28.0. The third-order valence-corrected chi connectivity index (χ3v) is 2.71. The number of fused-ring (bicyclic) bond motifs is 1. The van der Waals surface area contributed by atoms with E-state index in [2.05, 4.69) is 9.97 Å². The molecule has 2 nitrogen and oxygen atoms in total. The van der Waals surface area contributed by atoms with Gasteiger partial charge in [0.15, 0.2) is 5.82 Å². The molecule has 0 amide bonds. The molecule has 0 aliphatic carbocycles. The van der Waals surface area contributed by atoms with Gasteiger partial charge in [0.1, 0.15) is 5.82 Å². The summed E-state index contributed by atoms with van der Waals surface area (Å²) in [6.45, 7) is 0. The molecule has 0 unspecified atom stereocenters. The second-order valence-corrected chi connectivity index (χ2v) is 3.73. The lowest BCUT2D eigenvalue weighted by Gasteiger charge is -2.06. The van der Waals surface area contributed by atoms with Gasteiger partial charge < -0.3 is 4.98 Å². The highest BCUT2D eigenvalue weighted by Gasteiger charge is 2.15. The molecule has 0 aliphatic rings. The van der Waals surface area contributed by atoms with Crippen molar-refractivity contribution in [3.8, 4) is 11.1 Å². The molecule has 0 aliphatic heterocycles. The van der Waals surface area contributed by atoms with E-state index in [9.17, 15) is 8.78 Å². The molecule has 1 N–H and O–H groups in total. The Morgan fingerprint density at radius 1 is 1.06 bits per heavy atom. The molecule has 0 saturated carbocycles. The second-order valence-electron chi connectivity index (χ2n) is 3.73. The first kappa shape index (κ1) is 9.96. The molecule has 2 heterocycles. The van der Waals surface area contributed by atoms with Crippen LogP contribution in [-0.4, -0.2) is 9.97 Å². The van der Waals surface area contributed by atoms with Gasteiger partial charge in [0.05, 0.1) is 11.1 Å². The molecule has 84 valence electrons. The molecule has 0 spiro atoms. The van der Waals surface area contributed by atoms with Crippen LogP contribution in [0, 0.1) is 11.6 Å². The summed E-state index contributed by atoms with van der Waals surface area (Å²) in [5, 5.41) is 0.526. The van der Waals surface area contributed by atoms with Crippen LogP contribution in [0.3, 0.4) is 0 Å². The van der Waals surface area contributed by atoms with Crippen LogP contribution < -0.4 is 0 Å². The first-order chi connectivity index (χ1) is 8.27. The standard InChI is InChI=1S/C13H8F2N2/c14-10-7-9-3-6-17-13(9)12(15)11(10)8-1-4-16-5-2-8/h1-7,17H. The normalized spacial score (nSPS) is 10.9. The Labute approximate surface area is 95.9 Å². The van der Waals surface area contributed by atoms with Gasteiger partial charge in [0.25, 0.3) is 0 Å². The van der Waals surface area contributed by atoms with Crippen LogP contribution >= 0.6 is 0 Å². The number of rotatable bonds is 1. The van der Waals surface area contributed by atoms with E-state index in [1.165, 1.54) is 18.5 Å². The van der Waals surface area contributed by atoms with Gasteiger partial charge in [0, 0.05) is 24.0 Å². The molecular formula is C13H8F2N2. The van der Waals surface area contributed by atoms with Crippen molar-refractivity contribution in [2.24, 2.45) is 0 Å². The van der Waals surface area contributed by atoms with Crippen molar-refractivity contribution in [3.63, 3.8) is 0 Å².